The number of thiazole rings is 1. The van der Waals surface area contributed by atoms with E-state index in [2.05, 4.69) is 0 Å². The van der Waals surface area contributed by atoms with E-state index in [1.807, 2.05) is 75.4 Å². The Morgan fingerprint density at radius 2 is 1.66 bits per heavy atom. The number of ether oxygens (including phenoxy) is 3. The fourth-order valence-corrected chi connectivity index (χ4v) is 6.43. The first-order chi connectivity index (χ1) is 19.9. The molecule has 1 amide bonds. The average molecular weight is 572 g/mol. The van der Waals surface area contributed by atoms with Crippen molar-refractivity contribution < 1.29 is 19.0 Å². The van der Waals surface area contributed by atoms with Crippen LogP contribution in [0.2, 0.25) is 0 Å². The Labute approximate surface area is 242 Å². The number of hydrogen-bond acceptors (Lipinski definition) is 7. The molecule has 1 aromatic heterocycles. The number of methoxy groups -OCH3 is 3. The molecule has 0 bridgehead atoms. The van der Waals surface area contributed by atoms with Gasteiger partial charge in [-0.3, -0.25) is 14.2 Å². The van der Waals surface area contributed by atoms with E-state index in [1.165, 1.54) is 11.3 Å². The second-order valence-electron chi connectivity index (χ2n) is 9.58. The minimum Gasteiger partial charge on any atom is -0.496 e. The summed E-state index contributed by atoms with van der Waals surface area (Å²) in [5, 5.41) is 1.89. The Kier molecular flexibility index (Phi) is 7.99. The van der Waals surface area contributed by atoms with Crippen LogP contribution in [0, 0.1) is 0 Å². The van der Waals surface area contributed by atoms with Gasteiger partial charge in [-0.25, -0.2) is 4.99 Å². The third kappa shape index (κ3) is 4.91. The van der Waals surface area contributed by atoms with Crippen LogP contribution in [-0.4, -0.2) is 49.8 Å². The van der Waals surface area contributed by atoms with Crippen molar-refractivity contribution in [3.05, 3.63) is 96.7 Å². The van der Waals surface area contributed by atoms with Gasteiger partial charge in [-0.1, -0.05) is 47.7 Å². The predicted molar refractivity (Wildman–Crippen MR) is 162 cm³/mol. The molecule has 0 aliphatic carbocycles. The number of benzene rings is 3. The lowest BCUT2D eigenvalue weighted by Crippen LogP contribution is -2.43. The highest BCUT2D eigenvalue weighted by atomic mass is 32.1. The molecule has 0 N–H and O–H groups in total. The number of hydrogen-bond donors (Lipinski definition) is 0. The molecule has 0 unspecified atom stereocenters. The fourth-order valence-electron chi connectivity index (χ4n) is 5.38. The van der Waals surface area contributed by atoms with Gasteiger partial charge in [-0.2, -0.15) is 0 Å². The Morgan fingerprint density at radius 3 is 2.34 bits per heavy atom. The van der Waals surface area contributed by atoms with Crippen molar-refractivity contribution in [3.63, 3.8) is 0 Å². The van der Waals surface area contributed by atoms with Crippen LogP contribution in [0.3, 0.4) is 0 Å². The molecule has 2 heterocycles. The Balaban J connectivity index is 1.82. The Morgan fingerprint density at radius 1 is 0.976 bits per heavy atom. The minimum absolute atomic E-state index is 0.148. The van der Waals surface area contributed by atoms with Gasteiger partial charge in [0.25, 0.3) is 11.5 Å². The molecule has 0 fully saturated rings. The van der Waals surface area contributed by atoms with Gasteiger partial charge < -0.3 is 19.1 Å². The first-order valence-corrected chi connectivity index (χ1v) is 14.3. The standard InChI is InChI=1S/C32H33N3O5S/c1-7-34(8-2)31(37)27-19(3)33-32-35(29(27)28-22-12-10-9-11-21(22)14-16-24(28)39-5)30(36)26(41-32)18-20-13-15-23(38-4)25(17-20)40-6/h9-18,29H,7-8H2,1-6H3/b26-18+/t29-/m1/s1. The Bertz CT molecular complexity index is 1850. The van der Waals surface area contributed by atoms with Crippen LogP contribution < -0.4 is 29.1 Å². The summed E-state index contributed by atoms with van der Waals surface area (Å²) in [6, 6.07) is 16.6. The van der Waals surface area contributed by atoms with E-state index >= 15 is 0 Å². The molecule has 1 aliphatic heterocycles. The summed E-state index contributed by atoms with van der Waals surface area (Å²) in [4.78, 5) is 35.4. The van der Waals surface area contributed by atoms with Crippen molar-refractivity contribution in [1.82, 2.24) is 9.47 Å². The molecule has 8 nitrogen and oxygen atoms in total. The van der Waals surface area contributed by atoms with Crippen LogP contribution in [-0.2, 0) is 4.79 Å². The van der Waals surface area contributed by atoms with Crippen molar-refractivity contribution in [2.45, 2.75) is 26.8 Å². The SMILES string of the molecule is CCN(CC)C(=O)C1=C(C)N=c2s/c(=C/c3ccc(OC)c(OC)c3)c(=O)n2[C@H]1c1c(OC)ccc2ccccc12. The van der Waals surface area contributed by atoms with Crippen molar-refractivity contribution in [2.24, 2.45) is 4.99 Å². The van der Waals surface area contributed by atoms with Gasteiger partial charge in [-0.15, -0.1) is 0 Å². The molecule has 9 heteroatoms. The summed E-state index contributed by atoms with van der Waals surface area (Å²) in [7, 11) is 4.76. The van der Waals surface area contributed by atoms with E-state index in [1.54, 1.807) is 36.9 Å². The first-order valence-electron chi connectivity index (χ1n) is 13.5. The van der Waals surface area contributed by atoms with E-state index in [9.17, 15) is 9.59 Å². The van der Waals surface area contributed by atoms with Crippen LogP contribution in [0.15, 0.2) is 75.7 Å². The van der Waals surface area contributed by atoms with Gasteiger partial charge in [0.15, 0.2) is 16.3 Å². The molecule has 212 valence electrons. The van der Waals surface area contributed by atoms with Gasteiger partial charge >= 0.3 is 0 Å². The summed E-state index contributed by atoms with van der Waals surface area (Å²) in [5.41, 5.74) is 2.35. The quantitative estimate of drug-likeness (QED) is 0.315. The molecule has 1 atom stereocenters. The summed E-state index contributed by atoms with van der Waals surface area (Å²) in [5.74, 6) is 1.62. The number of fused-ring (bicyclic) bond motifs is 2. The second kappa shape index (κ2) is 11.6. The molecule has 0 radical (unpaired) electrons. The van der Waals surface area contributed by atoms with Crippen molar-refractivity contribution in [3.8, 4) is 17.2 Å². The molecule has 3 aromatic carbocycles. The van der Waals surface area contributed by atoms with Gasteiger partial charge in [0.1, 0.15) is 11.8 Å². The second-order valence-corrected chi connectivity index (χ2v) is 10.6. The van der Waals surface area contributed by atoms with Crippen molar-refractivity contribution in [1.29, 1.82) is 0 Å². The number of likely N-dealkylation sites (N-methyl/N-ethyl adjacent to an activating group) is 1. The number of aromatic nitrogens is 1. The predicted octanol–water partition coefficient (Wildman–Crippen LogP) is 4.28. The van der Waals surface area contributed by atoms with E-state index < -0.39 is 6.04 Å². The van der Waals surface area contributed by atoms with Crippen LogP contribution in [0.5, 0.6) is 17.2 Å². The number of carbonyl (C=O) groups excluding carboxylic acids is 1. The average Bonchev–Trinajstić information content (AvgIpc) is 3.29. The molecular formula is C32H33N3O5S. The maximum Gasteiger partial charge on any atom is 0.271 e. The highest BCUT2D eigenvalue weighted by Crippen LogP contribution is 2.40. The third-order valence-corrected chi connectivity index (χ3v) is 8.42. The van der Waals surface area contributed by atoms with Gasteiger partial charge in [-0.05, 0) is 61.4 Å². The zero-order valence-corrected chi connectivity index (χ0v) is 24.9. The number of nitrogens with zero attached hydrogens (tertiary/aromatic N) is 3. The lowest BCUT2D eigenvalue weighted by molar-refractivity contribution is -0.127. The lowest BCUT2D eigenvalue weighted by Gasteiger charge is -2.30. The molecule has 4 aromatic rings. The molecular weight excluding hydrogens is 538 g/mol. The zero-order valence-electron chi connectivity index (χ0n) is 24.1. The van der Waals surface area contributed by atoms with E-state index in [0.29, 0.717) is 50.9 Å². The van der Waals surface area contributed by atoms with Gasteiger partial charge in [0.05, 0.1) is 37.1 Å². The van der Waals surface area contributed by atoms with Crippen LogP contribution in [0.4, 0.5) is 0 Å². The normalized spacial score (nSPS) is 15.0. The van der Waals surface area contributed by atoms with Gasteiger partial charge in [0.2, 0.25) is 0 Å². The summed E-state index contributed by atoms with van der Waals surface area (Å²) < 4.78 is 18.8. The smallest absolute Gasteiger partial charge is 0.271 e. The van der Waals surface area contributed by atoms with Crippen LogP contribution >= 0.6 is 11.3 Å². The van der Waals surface area contributed by atoms with Crippen molar-refractivity contribution >= 4 is 34.1 Å². The molecule has 0 saturated heterocycles. The molecule has 0 spiro atoms. The van der Waals surface area contributed by atoms with E-state index in [-0.39, 0.29) is 11.5 Å². The number of allylic oxidation sites excluding steroid dienone is 1. The number of amides is 1. The van der Waals surface area contributed by atoms with Crippen LogP contribution in [0.1, 0.15) is 37.9 Å². The van der Waals surface area contributed by atoms with Gasteiger partial charge in [0, 0.05) is 18.7 Å². The number of rotatable bonds is 8. The zero-order chi connectivity index (χ0) is 29.3. The molecule has 0 saturated carbocycles. The lowest BCUT2D eigenvalue weighted by atomic mass is 9.90. The molecule has 41 heavy (non-hydrogen) atoms. The van der Waals surface area contributed by atoms with E-state index in [0.717, 1.165) is 21.9 Å². The van der Waals surface area contributed by atoms with Crippen molar-refractivity contribution in [2.75, 3.05) is 34.4 Å². The highest BCUT2D eigenvalue weighted by molar-refractivity contribution is 7.07. The maximum absolute atomic E-state index is 14.2. The summed E-state index contributed by atoms with van der Waals surface area (Å²) >= 11 is 1.29. The monoisotopic (exact) mass is 571 g/mol. The number of carbonyl (C=O) groups is 1. The third-order valence-electron chi connectivity index (χ3n) is 7.43. The Hall–Kier alpha value is -4.37. The highest BCUT2D eigenvalue weighted by Gasteiger charge is 2.36. The van der Waals surface area contributed by atoms with Crippen LogP contribution in [0.25, 0.3) is 16.8 Å². The molecule has 5 rings (SSSR count). The maximum atomic E-state index is 14.2. The topological polar surface area (TPSA) is 82.4 Å². The summed E-state index contributed by atoms with van der Waals surface area (Å²) in [6.45, 7) is 6.81. The largest absolute Gasteiger partial charge is 0.496 e. The fraction of sp³-hybridized carbons (Fsp3) is 0.281. The minimum atomic E-state index is -0.729. The van der Waals surface area contributed by atoms with E-state index in [4.69, 9.17) is 19.2 Å². The summed E-state index contributed by atoms with van der Waals surface area (Å²) in [6.07, 6.45) is 1.81. The first kappa shape index (κ1) is 28.2. The molecule has 1 aliphatic rings.